The molecule has 558 valence electrons. The zero-order valence-corrected chi connectivity index (χ0v) is 63.9. The van der Waals surface area contributed by atoms with E-state index in [9.17, 15) is 40.3 Å². The van der Waals surface area contributed by atoms with E-state index in [1.807, 2.05) is 90.0 Å². The zero-order chi connectivity index (χ0) is 75.6. The van der Waals surface area contributed by atoms with Crippen LogP contribution in [0.1, 0.15) is 284 Å². The molecule has 0 spiro atoms. The van der Waals surface area contributed by atoms with Crippen LogP contribution in [0.15, 0.2) is 151 Å². The first-order valence-electron chi connectivity index (χ1n) is 37.3. The van der Waals surface area contributed by atoms with Crippen LogP contribution < -0.4 is 5.69 Å². The smallest absolute Gasteiger partial charge is 0.351 e. The van der Waals surface area contributed by atoms with Gasteiger partial charge in [-0.2, -0.15) is 18.3 Å². The van der Waals surface area contributed by atoms with E-state index in [4.69, 9.17) is 11.6 Å². The lowest BCUT2D eigenvalue weighted by Crippen LogP contribution is -2.25. The number of hydrogen-bond donors (Lipinski definition) is 0. The first-order valence-corrected chi connectivity index (χ1v) is 37.6. The maximum atomic E-state index is 13.5. The number of carbonyl (C=O) groups is 1. The highest BCUT2D eigenvalue weighted by atomic mass is 35.5. The van der Waals surface area contributed by atoms with Crippen LogP contribution in [0.4, 0.5) is 30.7 Å². The number of carbonyl (C=O) groups excluding carboxylic acids is 1. The summed E-state index contributed by atoms with van der Waals surface area (Å²) in [7, 11) is 0. The number of alkyl halides is 6. The predicted octanol–water partition coefficient (Wildman–Crippen LogP) is 25.3. The van der Waals surface area contributed by atoms with Gasteiger partial charge in [-0.15, -0.1) is 0 Å². The van der Waals surface area contributed by atoms with Crippen LogP contribution in [0.3, 0.4) is 0 Å². The molecule has 1 unspecified atom stereocenters. The van der Waals surface area contributed by atoms with Crippen molar-refractivity contribution >= 4 is 66.8 Å². The van der Waals surface area contributed by atoms with Gasteiger partial charge in [-0.05, 0) is 245 Å². The fourth-order valence-corrected chi connectivity index (χ4v) is 14.6. The number of rotatable bonds is 11. The first-order chi connectivity index (χ1) is 49.4. The molecule has 15 rings (SSSR count). The van der Waals surface area contributed by atoms with Gasteiger partial charge in [-0.3, -0.25) is 23.6 Å². The Bertz CT molecular complexity index is 4730. The van der Waals surface area contributed by atoms with Gasteiger partial charge in [0.05, 0.1) is 21.6 Å². The van der Waals surface area contributed by atoms with Crippen molar-refractivity contribution in [2.45, 2.75) is 254 Å². The fraction of sp³-hybridized carbons (Fsp3) is 0.459. The summed E-state index contributed by atoms with van der Waals surface area (Å²) in [5.74, 6) is 0.591. The average molecular weight is 1450 g/mol. The van der Waals surface area contributed by atoms with Gasteiger partial charge in [0.25, 0.3) is 6.43 Å². The number of hydrogen-bond acceptors (Lipinski definition) is 4. The molecule has 1 fully saturated rings. The Morgan fingerprint density at radius 1 is 0.558 bits per heavy atom. The van der Waals surface area contributed by atoms with E-state index < -0.39 is 24.3 Å². The summed E-state index contributed by atoms with van der Waals surface area (Å²) in [5, 5.41) is 7.75. The van der Waals surface area contributed by atoms with E-state index in [0.717, 1.165) is 89.4 Å². The number of allylic oxidation sites excluding steroid dienone is 2. The van der Waals surface area contributed by atoms with Crippen LogP contribution in [0, 0.1) is 5.82 Å². The molecule has 0 radical (unpaired) electrons. The summed E-state index contributed by atoms with van der Waals surface area (Å²) in [6.07, 6.45) is 14.7. The van der Waals surface area contributed by atoms with Crippen molar-refractivity contribution in [3.05, 3.63) is 218 Å². The molecule has 19 heteroatoms. The zero-order valence-electron chi connectivity index (χ0n) is 63.2. The largest absolute Gasteiger partial charge is 0.417 e. The van der Waals surface area contributed by atoms with Crippen LogP contribution in [0.2, 0.25) is 5.02 Å². The predicted molar refractivity (Wildman–Crippen MR) is 412 cm³/mol. The number of para-hydroxylation sites is 4. The number of halogens is 8. The Balaban J connectivity index is 0.000000142. The van der Waals surface area contributed by atoms with Gasteiger partial charge in [0.2, 0.25) is 0 Å². The maximum Gasteiger partial charge on any atom is 0.417 e. The van der Waals surface area contributed by atoms with Crippen LogP contribution in [0.25, 0.3) is 49.4 Å². The van der Waals surface area contributed by atoms with Crippen LogP contribution in [-0.4, -0.2) is 48.0 Å². The van der Waals surface area contributed by atoms with Crippen LogP contribution >= 0.6 is 11.6 Å². The van der Waals surface area contributed by atoms with Gasteiger partial charge in [0.1, 0.15) is 23.4 Å². The van der Waals surface area contributed by atoms with Gasteiger partial charge < -0.3 is 18.3 Å². The molecular weight excluding hydrogens is 1350 g/mol. The minimum atomic E-state index is -4.22. The highest BCUT2D eigenvalue weighted by Gasteiger charge is 2.38. The number of aromatic nitrogens is 9. The molecule has 0 amide bonds. The average Bonchev–Trinajstić information content (AvgIpc) is 1.60. The minimum Gasteiger partial charge on any atom is -0.351 e. The number of aryl methyl sites for hydroxylation is 1. The molecule has 11 aromatic rings. The second kappa shape index (κ2) is 35.1. The highest BCUT2D eigenvalue weighted by Crippen LogP contribution is 2.48. The summed E-state index contributed by atoms with van der Waals surface area (Å²) >= 11 is 5.73. The van der Waals surface area contributed by atoms with Gasteiger partial charge >= 0.3 is 11.9 Å². The number of fused-ring (bicyclic) bond motifs is 8. The normalized spacial score (nSPS) is 14.7. The topological polar surface area (TPSA) is 94.4 Å². The Morgan fingerprint density at radius 3 is 1.67 bits per heavy atom. The molecule has 7 aromatic heterocycles. The van der Waals surface area contributed by atoms with E-state index in [0.29, 0.717) is 41.8 Å². The number of Topliss-reactive ketones (excluding diaryl/α,β-unsaturated/α-hetero) is 1. The molecule has 11 nitrogen and oxygen atoms in total. The summed E-state index contributed by atoms with van der Waals surface area (Å²) in [5.41, 5.74) is 13.6. The summed E-state index contributed by atoms with van der Waals surface area (Å²) in [6.45, 7) is 30.1. The van der Waals surface area contributed by atoms with Crippen LogP contribution in [-0.2, 0) is 25.4 Å². The number of benzene rings is 4. The Hall–Kier alpha value is -8.38. The third-order valence-corrected chi connectivity index (χ3v) is 19.8. The van der Waals surface area contributed by atoms with Crippen molar-refractivity contribution in [1.29, 1.82) is 0 Å². The molecule has 4 aromatic carbocycles. The standard InChI is InChI=1S/C16H20N2O.C15H17NO.C15H19N.C12H17F3N2.C11H11ClFN.C8H10F3N.C8H11N/c1-12(2)17-14-10-6-7-11-15(14)18(16(17)19)13-8-4-3-5-9-13;1-10(2)16-12-7-4-3-6-11(12)15-13(16)8-5-9-14(15)17;1-11(2)16-14-9-5-3-7-12(14)13-8-4-6-10-15(13)16;1-6(2)17-11(12(14)15)9(8-4-5-8)10(16-17)7(3)13;1-7(2)14-4-3-8-5-10(13)9(12)6-11(8)14;1-6(2)12-4-3-7(5-12)8(9,10)11;1-7(2)8-5-3-4-6-9-8/h6-8,10-12H,3-5,9H2,1-2H3;3-4,6-7,10H,5,8-9H2,1-2H3;3,5,7,9,11H,4,6,8,10H2,1-2H3;6-8,12H,4-5H2,1-3H3;3-7H,1-2H3;3-6H,1-2H3;3-7H,1-2H3. The van der Waals surface area contributed by atoms with E-state index >= 15 is 0 Å². The van der Waals surface area contributed by atoms with E-state index in [1.54, 1.807) is 31.2 Å². The van der Waals surface area contributed by atoms with Crippen molar-refractivity contribution in [2.24, 2.45) is 0 Å². The first kappa shape index (κ1) is 79.7. The van der Waals surface area contributed by atoms with E-state index in [-0.39, 0.29) is 52.0 Å². The molecular formula is C85H105ClF7N9O2. The summed E-state index contributed by atoms with van der Waals surface area (Å²) in [4.78, 5) is 29.0. The van der Waals surface area contributed by atoms with Crippen molar-refractivity contribution in [2.75, 3.05) is 0 Å². The maximum absolute atomic E-state index is 13.5. The molecule has 0 aliphatic heterocycles. The molecule has 1 atom stereocenters. The van der Waals surface area contributed by atoms with Gasteiger partial charge in [0, 0.05) is 134 Å². The Morgan fingerprint density at radius 2 is 1.14 bits per heavy atom. The Kier molecular flexibility index (Phi) is 26.9. The Labute approximate surface area is 613 Å². The molecule has 7 heterocycles. The molecule has 4 aliphatic rings. The van der Waals surface area contributed by atoms with Crippen molar-refractivity contribution in [3.63, 3.8) is 0 Å². The molecule has 4 aliphatic carbocycles. The van der Waals surface area contributed by atoms with Crippen LogP contribution in [0.5, 0.6) is 0 Å². The second-order valence-electron chi connectivity index (χ2n) is 29.6. The van der Waals surface area contributed by atoms with Gasteiger partial charge in [-0.25, -0.2) is 22.4 Å². The molecule has 0 saturated heterocycles. The molecule has 0 bridgehead atoms. The fourth-order valence-electron chi connectivity index (χ4n) is 14.5. The number of ketones is 1. The van der Waals surface area contributed by atoms with Crippen molar-refractivity contribution in [1.82, 2.24) is 42.2 Å². The second-order valence-corrected chi connectivity index (χ2v) is 30.0. The SMILES string of the molecule is CC(C)c1ccccn1.CC(C)n1c(=O)n(C2=CCCCC2)c2ccccc21.CC(C)n1c2c(c3ccccc31)C(=O)CCC2.CC(C)n1c2c(c3ccccc31)CCCC2.CC(C)n1ccc(C(F)(F)F)c1.CC(C)n1ccc2cc(F)c(Cl)cc21.CC(F)c1nn(C(C)C)c(C(F)F)c1C1CC1. The number of imidazole rings is 1. The third kappa shape index (κ3) is 18.5. The molecule has 0 N–H and O–H groups in total. The van der Waals surface area contributed by atoms with Crippen molar-refractivity contribution < 1.29 is 35.5 Å². The van der Waals surface area contributed by atoms with E-state index in [2.05, 4.69) is 142 Å². The molecule has 104 heavy (non-hydrogen) atoms. The lowest BCUT2D eigenvalue weighted by Gasteiger charge is -2.18. The molecule has 1 saturated carbocycles. The minimum absolute atomic E-state index is 0.0705. The van der Waals surface area contributed by atoms with E-state index in [1.165, 1.54) is 94.8 Å². The summed E-state index contributed by atoms with van der Waals surface area (Å²) in [6, 6.07) is 38.8. The lowest BCUT2D eigenvalue weighted by molar-refractivity contribution is -0.137. The van der Waals surface area contributed by atoms with Crippen molar-refractivity contribution in [3.8, 4) is 0 Å². The third-order valence-electron chi connectivity index (χ3n) is 19.5. The van der Waals surface area contributed by atoms with Gasteiger partial charge in [0.15, 0.2) is 5.78 Å². The lowest BCUT2D eigenvalue weighted by atomic mass is 9.94. The highest BCUT2D eigenvalue weighted by molar-refractivity contribution is 6.31. The number of pyridine rings is 1. The number of nitrogens with zero attached hydrogens (tertiary/aromatic N) is 9. The summed E-state index contributed by atoms with van der Waals surface area (Å²) < 4.78 is 103. The monoisotopic (exact) mass is 1450 g/mol. The quantitative estimate of drug-likeness (QED) is 0.121. The van der Waals surface area contributed by atoms with Gasteiger partial charge in [-0.1, -0.05) is 86.1 Å².